The van der Waals surface area contributed by atoms with Gasteiger partial charge in [0.25, 0.3) is 5.91 Å². The fourth-order valence-electron chi connectivity index (χ4n) is 5.73. The fourth-order valence-corrected chi connectivity index (χ4v) is 6.42. The molecule has 0 bridgehead atoms. The number of rotatable bonds is 5. The lowest BCUT2D eigenvalue weighted by molar-refractivity contribution is -0.133. The third-order valence-corrected chi connectivity index (χ3v) is 8.50. The Hall–Kier alpha value is -3.32. The highest BCUT2D eigenvalue weighted by Crippen LogP contribution is 2.39. The van der Waals surface area contributed by atoms with Crippen LogP contribution in [0.2, 0.25) is 0 Å². The first-order valence-electron chi connectivity index (χ1n) is 12.4. The number of fused-ring (bicyclic) bond motifs is 3. The van der Waals surface area contributed by atoms with E-state index >= 15 is 0 Å². The molecule has 6 nitrogen and oxygen atoms in total. The summed E-state index contributed by atoms with van der Waals surface area (Å²) >= 11 is 1.62. The van der Waals surface area contributed by atoms with Gasteiger partial charge in [-0.25, -0.2) is 0 Å². The van der Waals surface area contributed by atoms with Crippen LogP contribution in [0.25, 0.3) is 16.6 Å². The van der Waals surface area contributed by atoms with Crippen molar-refractivity contribution in [3.8, 4) is 5.69 Å². The van der Waals surface area contributed by atoms with E-state index in [1.165, 1.54) is 0 Å². The molecule has 1 saturated carbocycles. The second-order valence-electron chi connectivity index (χ2n) is 10.1. The molecule has 35 heavy (non-hydrogen) atoms. The molecule has 1 atom stereocenters. The fraction of sp³-hybridized carbons (Fsp3) is 0.357. The number of nitrogens with one attached hydrogen (secondary N) is 1. The third-order valence-electron chi connectivity index (χ3n) is 7.64. The second-order valence-corrected chi connectivity index (χ2v) is 11.1. The van der Waals surface area contributed by atoms with Crippen molar-refractivity contribution in [2.75, 3.05) is 0 Å². The Bertz CT molecular complexity index is 1400. The number of benzene rings is 1. The molecule has 7 heteroatoms. The Morgan fingerprint density at radius 1 is 1.14 bits per heavy atom. The molecular weight excluding hydrogens is 456 g/mol. The van der Waals surface area contributed by atoms with Crippen molar-refractivity contribution in [1.29, 1.82) is 0 Å². The van der Waals surface area contributed by atoms with Crippen molar-refractivity contribution < 1.29 is 9.59 Å². The summed E-state index contributed by atoms with van der Waals surface area (Å²) in [5.74, 6) is -0.164. The molecule has 2 amide bonds. The Labute approximate surface area is 209 Å². The first-order chi connectivity index (χ1) is 17.0. The predicted molar refractivity (Wildman–Crippen MR) is 139 cm³/mol. The summed E-state index contributed by atoms with van der Waals surface area (Å²) < 4.78 is 4.10. The van der Waals surface area contributed by atoms with Gasteiger partial charge in [0.15, 0.2) is 0 Å². The van der Waals surface area contributed by atoms with Gasteiger partial charge in [-0.2, -0.15) is 0 Å². The number of hydrogen-bond acceptors (Lipinski definition) is 3. The molecule has 4 aromatic rings. The smallest absolute Gasteiger partial charge is 0.273 e. The minimum atomic E-state index is -0.999. The molecule has 180 valence electrons. The van der Waals surface area contributed by atoms with Crippen LogP contribution in [0, 0.1) is 6.92 Å². The number of carbonyl (C=O) groups is 2. The quantitative estimate of drug-likeness (QED) is 0.418. The van der Waals surface area contributed by atoms with Crippen LogP contribution >= 0.6 is 11.3 Å². The Morgan fingerprint density at radius 3 is 2.63 bits per heavy atom. The van der Waals surface area contributed by atoms with Crippen molar-refractivity contribution in [3.05, 3.63) is 76.4 Å². The molecule has 6 rings (SSSR count). The average molecular weight is 487 g/mol. The standard InChI is InChI=1S/C28H30N4O2S/c1-19-11-12-23-22(16-19)24(30-13-5-6-14-30)25-26(33)32(17-21-10-7-15-35-21)28(2,18-31(23)25)27(34)29-20-8-3-4-9-20/h5-7,10-16,20H,3-4,8-9,17-18H2,1-2H3,(H,29,34). The van der Waals surface area contributed by atoms with Crippen LogP contribution in [0.3, 0.4) is 0 Å². The van der Waals surface area contributed by atoms with Crippen LogP contribution in [0.5, 0.6) is 0 Å². The van der Waals surface area contributed by atoms with Gasteiger partial charge in [-0.15, -0.1) is 11.3 Å². The molecule has 1 aromatic carbocycles. The molecule has 2 aliphatic rings. The molecule has 1 fully saturated rings. The molecule has 3 aromatic heterocycles. The molecule has 1 aliphatic carbocycles. The lowest BCUT2D eigenvalue weighted by Crippen LogP contribution is -2.64. The lowest BCUT2D eigenvalue weighted by Gasteiger charge is -2.44. The Balaban J connectivity index is 1.53. The van der Waals surface area contributed by atoms with E-state index in [2.05, 4.69) is 35.0 Å². The third kappa shape index (κ3) is 3.60. The summed E-state index contributed by atoms with van der Waals surface area (Å²) in [6, 6.07) is 14.5. The SMILES string of the molecule is Cc1ccc2c(c1)c(-n1cccc1)c1n2CC(C)(C(=O)NC2CCCC2)N(Cc2cccs2)C1=O. The van der Waals surface area contributed by atoms with Gasteiger partial charge < -0.3 is 19.4 Å². The highest BCUT2D eigenvalue weighted by molar-refractivity contribution is 7.09. The van der Waals surface area contributed by atoms with Crippen molar-refractivity contribution in [1.82, 2.24) is 19.4 Å². The Morgan fingerprint density at radius 2 is 1.91 bits per heavy atom. The van der Waals surface area contributed by atoms with Crippen LogP contribution in [-0.2, 0) is 17.9 Å². The van der Waals surface area contributed by atoms with E-state index in [9.17, 15) is 9.59 Å². The van der Waals surface area contributed by atoms with E-state index in [1.807, 2.05) is 53.5 Å². The van der Waals surface area contributed by atoms with Crippen LogP contribution in [0.1, 0.15) is 53.5 Å². The number of nitrogens with zero attached hydrogens (tertiary/aromatic N) is 3. The zero-order valence-electron chi connectivity index (χ0n) is 20.2. The maximum Gasteiger partial charge on any atom is 0.273 e. The van der Waals surface area contributed by atoms with Crippen molar-refractivity contribution in [3.63, 3.8) is 0 Å². The summed E-state index contributed by atoms with van der Waals surface area (Å²) in [5, 5.41) is 6.34. The number of hydrogen-bond donors (Lipinski definition) is 1. The number of amides is 2. The maximum absolute atomic E-state index is 14.4. The van der Waals surface area contributed by atoms with E-state index in [0.717, 1.165) is 52.7 Å². The van der Waals surface area contributed by atoms with Gasteiger partial charge in [-0.05, 0) is 62.4 Å². The van der Waals surface area contributed by atoms with Gasteiger partial charge >= 0.3 is 0 Å². The average Bonchev–Trinajstić information content (AvgIpc) is 3.64. The summed E-state index contributed by atoms with van der Waals surface area (Å²) in [7, 11) is 0. The van der Waals surface area contributed by atoms with Gasteiger partial charge in [-0.1, -0.05) is 30.5 Å². The molecule has 0 saturated heterocycles. The zero-order chi connectivity index (χ0) is 24.2. The van der Waals surface area contributed by atoms with Crippen LogP contribution in [0.4, 0.5) is 0 Å². The lowest BCUT2D eigenvalue weighted by atomic mass is 9.93. The van der Waals surface area contributed by atoms with Crippen LogP contribution < -0.4 is 5.32 Å². The van der Waals surface area contributed by atoms with Gasteiger partial charge in [0, 0.05) is 28.7 Å². The number of aromatic nitrogens is 2. The zero-order valence-corrected chi connectivity index (χ0v) is 21.0. The second kappa shape index (κ2) is 8.41. The number of carbonyl (C=O) groups excluding carboxylic acids is 2. The first-order valence-corrected chi connectivity index (χ1v) is 13.3. The van der Waals surface area contributed by atoms with Crippen molar-refractivity contribution >= 4 is 34.1 Å². The molecule has 1 N–H and O–H groups in total. The van der Waals surface area contributed by atoms with Crippen molar-refractivity contribution in [2.45, 2.75) is 64.2 Å². The molecule has 1 aliphatic heterocycles. The largest absolute Gasteiger partial charge is 0.351 e. The first kappa shape index (κ1) is 22.2. The monoisotopic (exact) mass is 486 g/mol. The summed E-state index contributed by atoms with van der Waals surface area (Å²) in [5.41, 5.74) is 2.65. The molecular formula is C28H30N4O2S. The van der Waals surface area contributed by atoms with Gasteiger partial charge in [0.05, 0.1) is 24.3 Å². The minimum absolute atomic E-state index is 0.0589. The van der Waals surface area contributed by atoms with Crippen LogP contribution in [0.15, 0.2) is 60.2 Å². The number of aryl methyl sites for hydroxylation is 1. The molecule has 4 heterocycles. The molecule has 0 radical (unpaired) electrons. The summed E-state index contributed by atoms with van der Waals surface area (Å²) in [6.07, 6.45) is 8.27. The maximum atomic E-state index is 14.4. The van der Waals surface area contributed by atoms with Gasteiger partial charge in [-0.3, -0.25) is 9.59 Å². The minimum Gasteiger partial charge on any atom is -0.351 e. The van der Waals surface area contributed by atoms with Gasteiger partial charge in [0.2, 0.25) is 5.91 Å². The van der Waals surface area contributed by atoms with E-state index < -0.39 is 5.54 Å². The molecule has 0 spiro atoms. The van der Waals surface area contributed by atoms with E-state index in [0.29, 0.717) is 18.8 Å². The summed E-state index contributed by atoms with van der Waals surface area (Å²) in [6.45, 7) is 4.83. The highest BCUT2D eigenvalue weighted by Gasteiger charge is 2.49. The normalized spacial score (nSPS) is 20.5. The van der Waals surface area contributed by atoms with Crippen LogP contribution in [-0.4, -0.2) is 37.4 Å². The van der Waals surface area contributed by atoms with E-state index in [-0.39, 0.29) is 17.9 Å². The highest BCUT2D eigenvalue weighted by atomic mass is 32.1. The van der Waals surface area contributed by atoms with E-state index in [1.54, 1.807) is 16.2 Å². The Kier molecular flexibility index (Phi) is 5.33. The topological polar surface area (TPSA) is 59.3 Å². The summed E-state index contributed by atoms with van der Waals surface area (Å²) in [4.78, 5) is 31.1. The molecule has 1 unspecified atom stereocenters. The van der Waals surface area contributed by atoms with Gasteiger partial charge in [0.1, 0.15) is 11.2 Å². The predicted octanol–water partition coefficient (Wildman–Crippen LogP) is 5.28. The number of thiophene rings is 1. The van der Waals surface area contributed by atoms with Crippen molar-refractivity contribution in [2.24, 2.45) is 0 Å². The van der Waals surface area contributed by atoms with E-state index in [4.69, 9.17) is 0 Å².